The molecule has 1 aliphatic heterocycles. The van der Waals surface area contributed by atoms with Crippen molar-refractivity contribution in [3.8, 4) is 5.75 Å². The number of likely N-dealkylation sites (N-methyl/N-ethyl adjacent to an activating group) is 1. The molecule has 2 aromatic rings. The summed E-state index contributed by atoms with van der Waals surface area (Å²) in [6, 6.07) is 17.9. The van der Waals surface area contributed by atoms with Gasteiger partial charge in [0.15, 0.2) is 0 Å². The highest BCUT2D eigenvalue weighted by Crippen LogP contribution is 2.36. The quantitative estimate of drug-likeness (QED) is 0.876. The molecule has 126 valence electrons. The third-order valence-corrected chi connectivity index (χ3v) is 4.68. The molecule has 1 heterocycles. The number of hydrogen-bond acceptors (Lipinski definition) is 3. The van der Waals surface area contributed by atoms with Gasteiger partial charge in [-0.25, -0.2) is 0 Å². The van der Waals surface area contributed by atoms with Crippen LogP contribution in [-0.4, -0.2) is 28.6 Å². The van der Waals surface area contributed by atoms with Crippen LogP contribution >= 0.6 is 0 Å². The highest BCUT2D eigenvalue weighted by atomic mass is 16.5. The van der Waals surface area contributed by atoms with Crippen LogP contribution in [0.3, 0.4) is 0 Å². The van der Waals surface area contributed by atoms with E-state index in [-0.39, 0.29) is 12.1 Å². The summed E-state index contributed by atoms with van der Waals surface area (Å²) in [5, 5.41) is 9.34. The molecule has 2 aromatic carbocycles. The summed E-state index contributed by atoms with van der Waals surface area (Å²) < 4.78 is 5.81. The van der Waals surface area contributed by atoms with Gasteiger partial charge in [-0.15, -0.1) is 0 Å². The lowest BCUT2D eigenvalue weighted by Crippen LogP contribution is -2.37. The predicted molar refractivity (Wildman–Crippen MR) is 93.0 cm³/mol. The molecule has 0 bridgehead atoms. The number of likely N-dealkylation sites (tertiary alicyclic amines) is 1. The van der Waals surface area contributed by atoms with Crippen molar-refractivity contribution in [3.63, 3.8) is 0 Å². The van der Waals surface area contributed by atoms with Gasteiger partial charge in [0.1, 0.15) is 18.4 Å². The number of ether oxygens (including phenoxy) is 1. The lowest BCUT2D eigenvalue weighted by atomic mass is 10.0. The van der Waals surface area contributed by atoms with Crippen molar-refractivity contribution in [3.05, 3.63) is 65.7 Å². The van der Waals surface area contributed by atoms with Gasteiger partial charge < -0.3 is 9.84 Å². The molecule has 1 fully saturated rings. The minimum Gasteiger partial charge on any atom is -0.489 e. The van der Waals surface area contributed by atoms with Gasteiger partial charge in [-0.05, 0) is 42.6 Å². The van der Waals surface area contributed by atoms with E-state index in [1.165, 1.54) is 0 Å². The lowest BCUT2D eigenvalue weighted by Gasteiger charge is -2.27. The van der Waals surface area contributed by atoms with Crippen molar-refractivity contribution in [2.45, 2.75) is 38.5 Å². The van der Waals surface area contributed by atoms with E-state index in [0.29, 0.717) is 13.0 Å². The van der Waals surface area contributed by atoms with Gasteiger partial charge in [-0.2, -0.15) is 0 Å². The molecule has 0 aliphatic carbocycles. The third-order valence-electron chi connectivity index (χ3n) is 4.68. The van der Waals surface area contributed by atoms with Crippen LogP contribution in [0.5, 0.6) is 5.75 Å². The van der Waals surface area contributed by atoms with Crippen LogP contribution < -0.4 is 4.74 Å². The zero-order valence-electron chi connectivity index (χ0n) is 13.9. The van der Waals surface area contributed by atoms with E-state index in [2.05, 4.69) is 17.0 Å². The van der Waals surface area contributed by atoms with Crippen LogP contribution in [-0.2, 0) is 11.4 Å². The van der Waals surface area contributed by atoms with Gasteiger partial charge in [0.2, 0.25) is 0 Å². The standard InChI is InChI=1S/C20H23NO3/c1-2-21-18(12-13-19(21)20(22)23)16-8-10-17(11-9-16)24-14-15-6-4-3-5-7-15/h3-11,18-19H,2,12-14H2,1H3,(H,22,23)/t18?,19-/m1/s1. The number of hydrogen-bond donors (Lipinski definition) is 1. The highest BCUT2D eigenvalue weighted by molar-refractivity contribution is 5.74. The molecule has 1 N–H and O–H groups in total. The molecule has 4 nitrogen and oxygen atoms in total. The molecule has 3 rings (SSSR count). The van der Waals surface area contributed by atoms with Crippen LogP contribution in [0, 0.1) is 0 Å². The van der Waals surface area contributed by atoms with Gasteiger partial charge in [0.05, 0.1) is 0 Å². The molecule has 0 radical (unpaired) electrons. The zero-order chi connectivity index (χ0) is 16.9. The van der Waals surface area contributed by atoms with Gasteiger partial charge in [-0.3, -0.25) is 9.69 Å². The summed E-state index contributed by atoms with van der Waals surface area (Å²) in [6.45, 7) is 3.31. The Morgan fingerprint density at radius 3 is 2.46 bits per heavy atom. The third kappa shape index (κ3) is 3.60. The Kier molecular flexibility index (Phi) is 5.16. The monoisotopic (exact) mass is 325 g/mol. The van der Waals surface area contributed by atoms with Crippen molar-refractivity contribution >= 4 is 5.97 Å². The predicted octanol–water partition coefficient (Wildman–Crippen LogP) is 3.88. The SMILES string of the molecule is CCN1C(c2ccc(OCc3ccccc3)cc2)CC[C@@H]1C(=O)O. The normalized spacial score (nSPS) is 20.9. The summed E-state index contributed by atoms with van der Waals surface area (Å²) in [5.41, 5.74) is 2.30. The van der Waals surface area contributed by atoms with Crippen molar-refractivity contribution < 1.29 is 14.6 Å². The second-order valence-corrected chi connectivity index (χ2v) is 6.12. The van der Waals surface area contributed by atoms with E-state index in [4.69, 9.17) is 4.74 Å². The van der Waals surface area contributed by atoms with E-state index in [0.717, 1.165) is 29.8 Å². The summed E-state index contributed by atoms with van der Waals surface area (Å²) in [6.07, 6.45) is 1.59. The van der Waals surface area contributed by atoms with Gasteiger partial charge >= 0.3 is 5.97 Å². The zero-order valence-corrected chi connectivity index (χ0v) is 13.9. The van der Waals surface area contributed by atoms with Gasteiger partial charge in [-0.1, -0.05) is 49.4 Å². The van der Waals surface area contributed by atoms with E-state index in [1.807, 2.05) is 49.4 Å². The average Bonchev–Trinajstić information content (AvgIpc) is 3.05. The molecule has 0 spiro atoms. The number of carboxylic acids is 1. The van der Waals surface area contributed by atoms with E-state index < -0.39 is 5.97 Å². The maximum absolute atomic E-state index is 11.4. The summed E-state index contributed by atoms with van der Waals surface area (Å²) >= 11 is 0. The minimum atomic E-state index is -0.720. The summed E-state index contributed by atoms with van der Waals surface area (Å²) in [4.78, 5) is 13.4. The Bertz CT molecular complexity index is 669. The molecular weight excluding hydrogens is 302 g/mol. The van der Waals surface area contributed by atoms with Crippen LogP contribution in [0.1, 0.15) is 36.9 Å². The molecular formula is C20H23NO3. The number of nitrogens with zero attached hydrogens (tertiary/aromatic N) is 1. The molecule has 4 heteroatoms. The highest BCUT2D eigenvalue weighted by Gasteiger charge is 2.37. The molecule has 2 atom stereocenters. The van der Waals surface area contributed by atoms with Crippen LogP contribution in [0.25, 0.3) is 0 Å². The molecule has 0 amide bonds. The number of carbonyl (C=O) groups is 1. The minimum absolute atomic E-state index is 0.180. The first-order valence-corrected chi connectivity index (χ1v) is 8.44. The maximum Gasteiger partial charge on any atom is 0.320 e. The van der Waals surface area contributed by atoms with Crippen molar-refractivity contribution in [2.75, 3.05) is 6.54 Å². The first-order valence-electron chi connectivity index (χ1n) is 8.44. The smallest absolute Gasteiger partial charge is 0.320 e. The number of benzene rings is 2. The van der Waals surface area contributed by atoms with Crippen molar-refractivity contribution in [1.29, 1.82) is 0 Å². The van der Waals surface area contributed by atoms with E-state index in [1.54, 1.807) is 0 Å². The average molecular weight is 325 g/mol. The maximum atomic E-state index is 11.4. The number of aliphatic carboxylic acids is 1. The molecule has 1 aliphatic rings. The fraction of sp³-hybridized carbons (Fsp3) is 0.350. The first kappa shape index (κ1) is 16.5. The second kappa shape index (κ2) is 7.49. The molecule has 24 heavy (non-hydrogen) atoms. The molecule has 1 saturated heterocycles. The largest absolute Gasteiger partial charge is 0.489 e. The fourth-order valence-corrected chi connectivity index (χ4v) is 3.46. The van der Waals surface area contributed by atoms with E-state index >= 15 is 0 Å². The molecule has 1 unspecified atom stereocenters. The van der Waals surface area contributed by atoms with Crippen LogP contribution in [0.2, 0.25) is 0 Å². The number of carboxylic acid groups (broad SMARTS) is 1. The Morgan fingerprint density at radius 2 is 1.83 bits per heavy atom. The van der Waals surface area contributed by atoms with E-state index in [9.17, 15) is 9.90 Å². The molecule has 0 saturated carbocycles. The Balaban J connectivity index is 1.65. The van der Waals surface area contributed by atoms with Crippen molar-refractivity contribution in [1.82, 2.24) is 4.90 Å². The fourth-order valence-electron chi connectivity index (χ4n) is 3.46. The van der Waals surface area contributed by atoms with Gasteiger partial charge in [0.25, 0.3) is 0 Å². The summed E-state index contributed by atoms with van der Waals surface area (Å²) in [7, 11) is 0. The lowest BCUT2D eigenvalue weighted by molar-refractivity contribution is -0.142. The Labute approximate surface area is 142 Å². The second-order valence-electron chi connectivity index (χ2n) is 6.12. The first-order chi connectivity index (χ1) is 11.7. The Morgan fingerprint density at radius 1 is 1.12 bits per heavy atom. The van der Waals surface area contributed by atoms with Crippen molar-refractivity contribution in [2.24, 2.45) is 0 Å². The topological polar surface area (TPSA) is 49.8 Å². The Hall–Kier alpha value is -2.33. The number of rotatable bonds is 6. The summed E-state index contributed by atoms with van der Waals surface area (Å²) in [5.74, 6) is 0.112. The van der Waals surface area contributed by atoms with Crippen LogP contribution in [0.15, 0.2) is 54.6 Å². The molecule has 0 aromatic heterocycles. The van der Waals surface area contributed by atoms with Gasteiger partial charge in [0, 0.05) is 6.04 Å². The van der Waals surface area contributed by atoms with Crippen LogP contribution in [0.4, 0.5) is 0 Å².